The Morgan fingerprint density at radius 1 is 1.44 bits per heavy atom. The molecule has 1 N–H and O–H groups in total. The van der Waals surface area contributed by atoms with Crippen molar-refractivity contribution in [2.45, 2.75) is 19.9 Å². The fraction of sp³-hybridized carbons (Fsp3) is 0.385. The van der Waals surface area contributed by atoms with E-state index in [-0.39, 0.29) is 5.91 Å². The molecule has 18 heavy (non-hydrogen) atoms. The lowest BCUT2D eigenvalue weighted by atomic mass is 10.2. The molecule has 1 heterocycles. The van der Waals surface area contributed by atoms with Crippen LogP contribution in [0.1, 0.15) is 12.0 Å². The molecule has 0 aliphatic rings. The number of fused-ring (bicyclic) bond motifs is 1. The molecule has 1 amide bonds. The van der Waals surface area contributed by atoms with Gasteiger partial charge in [-0.05, 0) is 30.8 Å². The molecule has 0 atom stereocenters. The quantitative estimate of drug-likeness (QED) is 0.864. The Morgan fingerprint density at radius 2 is 2.17 bits per heavy atom. The van der Waals surface area contributed by atoms with Crippen LogP contribution in [0.25, 0.3) is 11.0 Å². The topological polar surface area (TPSA) is 41.0 Å². The largest absolute Gasteiger partial charge is 0.349 e. The van der Waals surface area contributed by atoms with Gasteiger partial charge in [-0.25, -0.2) is 0 Å². The average molecular weight is 263 g/mol. The Balaban J connectivity index is 2.34. The van der Waals surface area contributed by atoms with E-state index >= 15 is 0 Å². The SMILES string of the molecule is Cc1cccc2c1[nH]c(=S)n2CCC(=O)N(C)C. The van der Waals surface area contributed by atoms with Gasteiger partial charge in [0.2, 0.25) is 5.91 Å². The molecule has 1 aromatic carbocycles. The number of hydrogen-bond donors (Lipinski definition) is 1. The maximum absolute atomic E-state index is 11.6. The lowest BCUT2D eigenvalue weighted by Gasteiger charge is -2.10. The zero-order valence-electron chi connectivity index (χ0n) is 10.9. The van der Waals surface area contributed by atoms with E-state index in [1.54, 1.807) is 19.0 Å². The highest BCUT2D eigenvalue weighted by Gasteiger charge is 2.09. The van der Waals surface area contributed by atoms with E-state index in [2.05, 4.69) is 4.98 Å². The van der Waals surface area contributed by atoms with Gasteiger partial charge in [0.05, 0.1) is 11.0 Å². The number of rotatable bonds is 3. The molecule has 4 nitrogen and oxygen atoms in total. The average Bonchev–Trinajstić information content (AvgIpc) is 2.64. The summed E-state index contributed by atoms with van der Waals surface area (Å²) in [4.78, 5) is 16.4. The second-order valence-corrected chi connectivity index (χ2v) is 4.98. The fourth-order valence-corrected chi connectivity index (χ4v) is 2.27. The number of carbonyl (C=O) groups excluding carboxylic acids is 1. The summed E-state index contributed by atoms with van der Waals surface area (Å²) in [5.41, 5.74) is 3.28. The first kappa shape index (κ1) is 12.8. The van der Waals surface area contributed by atoms with Gasteiger partial charge >= 0.3 is 0 Å². The van der Waals surface area contributed by atoms with Crippen LogP contribution in [0.5, 0.6) is 0 Å². The predicted octanol–water partition coefficient (Wildman–Crippen LogP) is 2.49. The first-order valence-corrected chi connectivity index (χ1v) is 6.30. The minimum Gasteiger partial charge on any atom is -0.349 e. The molecule has 2 aromatic rings. The van der Waals surface area contributed by atoms with Crippen LogP contribution >= 0.6 is 12.2 Å². The summed E-state index contributed by atoms with van der Waals surface area (Å²) in [5.74, 6) is 0.110. The van der Waals surface area contributed by atoms with Crippen LogP contribution in [0.3, 0.4) is 0 Å². The molecule has 0 aliphatic heterocycles. The van der Waals surface area contributed by atoms with Crippen molar-refractivity contribution in [2.75, 3.05) is 14.1 Å². The molecule has 5 heteroatoms. The van der Waals surface area contributed by atoms with Crippen molar-refractivity contribution in [1.82, 2.24) is 14.5 Å². The second kappa shape index (κ2) is 4.94. The highest BCUT2D eigenvalue weighted by molar-refractivity contribution is 7.71. The Morgan fingerprint density at radius 3 is 2.83 bits per heavy atom. The summed E-state index contributed by atoms with van der Waals surface area (Å²) in [6.07, 6.45) is 0.461. The number of nitrogens with one attached hydrogen (secondary N) is 1. The van der Waals surface area contributed by atoms with E-state index in [0.29, 0.717) is 17.7 Å². The van der Waals surface area contributed by atoms with Gasteiger partial charge in [0.1, 0.15) is 0 Å². The summed E-state index contributed by atoms with van der Waals surface area (Å²) < 4.78 is 2.66. The number of nitrogens with zero attached hydrogens (tertiary/aromatic N) is 2. The van der Waals surface area contributed by atoms with Gasteiger partial charge in [-0.2, -0.15) is 0 Å². The van der Waals surface area contributed by atoms with E-state index < -0.39 is 0 Å². The monoisotopic (exact) mass is 263 g/mol. The van der Waals surface area contributed by atoms with E-state index in [9.17, 15) is 4.79 Å². The number of H-pyrrole nitrogens is 1. The number of benzene rings is 1. The lowest BCUT2D eigenvalue weighted by Crippen LogP contribution is -2.22. The van der Waals surface area contributed by atoms with Gasteiger partial charge < -0.3 is 14.5 Å². The Bertz CT molecular complexity index is 639. The zero-order chi connectivity index (χ0) is 13.3. The van der Waals surface area contributed by atoms with Crippen LogP contribution in [0, 0.1) is 11.7 Å². The Kier molecular flexibility index (Phi) is 3.52. The van der Waals surface area contributed by atoms with E-state index in [0.717, 1.165) is 16.6 Å². The molecule has 0 saturated carbocycles. The third kappa shape index (κ3) is 2.31. The summed E-state index contributed by atoms with van der Waals surface area (Å²) >= 11 is 5.31. The number of aryl methyl sites for hydroxylation is 2. The smallest absolute Gasteiger partial charge is 0.223 e. The predicted molar refractivity (Wildman–Crippen MR) is 75.2 cm³/mol. The van der Waals surface area contributed by atoms with Crippen molar-refractivity contribution in [2.24, 2.45) is 0 Å². The van der Waals surface area contributed by atoms with Crippen molar-refractivity contribution < 1.29 is 4.79 Å². The number of aromatic amines is 1. The molecule has 96 valence electrons. The minimum absolute atomic E-state index is 0.110. The molecule has 0 bridgehead atoms. The van der Waals surface area contributed by atoms with Crippen LogP contribution in [0.2, 0.25) is 0 Å². The number of imidazole rings is 1. The van der Waals surface area contributed by atoms with Gasteiger partial charge in [0.15, 0.2) is 4.77 Å². The second-order valence-electron chi connectivity index (χ2n) is 4.59. The number of hydrogen-bond acceptors (Lipinski definition) is 2. The molecule has 1 aromatic heterocycles. The first-order valence-electron chi connectivity index (χ1n) is 5.89. The highest BCUT2D eigenvalue weighted by atomic mass is 32.1. The molecule has 2 rings (SSSR count). The van der Waals surface area contributed by atoms with E-state index in [1.807, 2.05) is 29.7 Å². The molecule has 0 unspecified atom stereocenters. The molecular weight excluding hydrogens is 246 g/mol. The molecular formula is C13H17N3OS. The Hall–Kier alpha value is -1.62. The summed E-state index contributed by atoms with van der Waals surface area (Å²) in [5, 5.41) is 0. The van der Waals surface area contributed by atoms with Crippen LogP contribution in [0.15, 0.2) is 18.2 Å². The van der Waals surface area contributed by atoms with Crippen LogP contribution in [-0.4, -0.2) is 34.5 Å². The number of aromatic nitrogens is 2. The highest BCUT2D eigenvalue weighted by Crippen LogP contribution is 2.18. The number of carbonyl (C=O) groups is 1. The van der Waals surface area contributed by atoms with E-state index in [1.165, 1.54) is 0 Å². The van der Waals surface area contributed by atoms with Crippen molar-refractivity contribution in [3.63, 3.8) is 0 Å². The van der Waals surface area contributed by atoms with Crippen LogP contribution in [-0.2, 0) is 11.3 Å². The summed E-state index contributed by atoms with van der Waals surface area (Å²) in [7, 11) is 3.53. The van der Waals surface area contributed by atoms with Crippen molar-refractivity contribution in [1.29, 1.82) is 0 Å². The zero-order valence-corrected chi connectivity index (χ0v) is 11.7. The molecule has 0 saturated heterocycles. The third-order valence-corrected chi connectivity index (χ3v) is 3.39. The van der Waals surface area contributed by atoms with Gasteiger partial charge in [-0.1, -0.05) is 12.1 Å². The van der Waals surface area contributed by atoms with Gasteiger partial charge in [0.25, 0.3) is 0 Å². The van der Waals surface area contributed by atoms with Gasteiger partial charge in [0, 0.05) is 27.1 Å². The minimum atomic E-state index is 0.110. The van der Waals surface area contributed by atoms with Crippen molar-refractivity contribution in [3.8, 4) is 0 Å². The summed E-state index contributed by atoms with van der Waals surface area (Å²) in [6, 6.07) is 6.07. The fourth-order valence-electron chi connectivity index (χ4n) is 1.98. The van der Waals surface area contributed by atoms with Crippen LogP contribution in [0.4, 0.5) is 0 Å². The lowest BCUT2D eigenvalue weighted by molar-refractivity contribution is -0.128. The van der Waals surface area contributed by atoms with Crippen molar-refractivity contribution >= 4 is 29.2 Å². The van der Waals surface area contributed by atoms with E-state index in [4.69, 9.17) is 12.2 Å². The van der Waals surface area contributed by atoms with Gasteiger partial charge in [-0.3, -0.25) is 4.79 Å². The van der Waals surface area contributed by atoms with Crippen molar-refractivity contribution in [3.05, 3.63) is 28.5 Å². The Labute approximate surface area is 111 Å². The molecule has 0 spiro atoms. The first-order chi connectivity index (χ1) is 8.50. The molecule has 0 fully saturated rings. The summed E-state index contributed by atoms with van der Waals surface area (Å²) in [6.45, 7) is 2.65. The molecule has 0 aliphatic carbocycles. The maximum Gasteiger partial charge on any atom is 0.223 e. The van der Waals surface area contributed by atoms with Crippen LogP contribution < -0.4 is 0 Å². The maximum atomic E-state index is 11.6. The normalized spacial score (nSPS) is 10.8. The number of para-hydroxylation sites is 1. The number of amides is 1. The van der Waals surface area contributed by atoms with Gasteiger partial charge in [-0.15, -0.1) is 0 Å². The third-order valence-electron chi connectivity index (χ3n) is 3.07. The molecule has 0 radical (unpaired) electrons. The standard InChI is InChI=1S/C13H17N3OS/c1-9-5-4-6-10-12(9)14-13(18)16(10)8-7-11(17)15(2)3/h4-6H,7-8H2,1-3H3,(H,14,18).